The van der Waals surface area contributed by atoms with E-state index in [-0.39, 0.29) is 17.9 Å². The average molecular weight is 373 g/mol. The molecular weight excluding hydrogens is 340 g/mol. The molecule has 0 heterocycles. The van der Waals surface area contributed by atoms with Crippen molar-refractivity contribution in [3.05, 3.63) is 60.7 Å². The minimum Gasteiger partial charge on any atom is -0.396 e. The molecule has 0 aliphatic carbocycles. The second kappa shape index (κ2) is 9.90. The molecule has 0 aliphatic rings. The van der Waals surface area contributed by atoms with E-state index in [1.807, 2.05) is 60.7 Å². The minimum atomic E-state index is -1.79. The lowest BCUT2D eigenvalue weighted by molar-refractivity contribution is -0.0429. The monoisotopic (exact) mass is 372 g/mol. The van der Waals surface area contributed by atoms with Gasteiger partial charge in [-0.25, -0.2) is 0 Å². The summed E-state index contributed by atoms with van der Waals surface area (Å²) in [4.78, 5) is 0. The summed E-state index contributed by atoms with van der Waals surface area (Å²) in [6.07, 6.45) is 0.660. The lowest BCUT2D eigenvalue weighted by Crippen LogP contribution is -2.40. The molecule has 26 heavy (non-hydrogen) atoms. The Bertz CT molecular complexity index is 600. The van der Waals surface area contributed by atoms with Gasteiger partial charge in [0.25, 0.3) is 0 Å². The van der Waals surface area contributed by atoms with Crippen LogP contribution in [0.25, 0.3) is 0 Å². The van der Waals surface area contributed by atoms with Crippen molar-refractivity contribution in [3.63, 3.8) is 0 Å². The molecule has 0 fully saturated rings. The number of hydrogen-bond acceptors (Lipinski definition) is 3. The number of hydrogen-bond donors (Lipinski definition) is 2. The second-order valence-corrected chi connectivity index (χ2v) is 9.96. The molecule has 1 unspecified atom stereocenters. The number of benzene rings is 2. The van der Waals surface area contributed by atoms with Gasteiger partial charge in [-0.15, -0.1) is 0 Å². The van der Waals surface area contributed by atoms with Crippen LogP contribution in [0.5, 0.6) is 0 Å². The van der Waals surface area contributed by atoms with Crippen LogP contribution >= 0.6 is 0 Å². The molecule has 0 saturated heterocycles. The average Bonchev–Trinajstić information content (AvgIpc) is 2.59. The van der Waals surface area contributed by atoms with Crippen molar-refractivity contribution in [1.29, 1.82) is 0 Å². The first kappa shape index (κ1) is 22.4. The molecule has 2 aromatic carbocycles. The zero-order valence-electron chi connectivity index (χ0n) is 16.6. The maximum atomic E-state index is 12.0. The van der Waals surface area contributed by atoms with E-state index in [4.69, 9.17) is 5.11 Å². The SMILES string of the molecule is CC(C)(C)C(CCO)C(C)(C)O.O=[Si](c1ccccc1)c1ccccc1. The van der Waals surface area contributed by atoms with E-state index in [0.717, 1.165) is 10.4 Å². The Labute approximate surface area is 159 Å². The molecule has 2 N–H and O–H groups in total. The predicted octanol–water partition coefficient (Wildman–Crippen LogP) is 3.02. The van der Waals surface area contributed by atoms with Crippen molar-refractivity contribution in [2.24, 2.45) is 11.3 Å². The molecule has 142 valence electrons. The van der Waals surface area contributed by atoms with Crippen LogP contribution in [-0.4, -0.2) is 31.1 Å². The lowest BCUT2D eigenvalue weighted by Gasteiger charge is -2.39. The van der Waals surface area contributed by atoms with Crippen LogP contribution in [0.15, 0.2) is 60.7 Å². The summed E-state index contributed by atoms with van der Waals surface area (Å²) >= 11 is 0. The fourth-order valence-corrected chi connectivity index (χ4v) is 4.64. The van der Waals surface area contributed by atoms with Crippen molar-refractivity contribution >= 4 is 19.1 Å². The van der Waals surface area contributed by atoms with E-state index in [1.54, 1.807) is 13.8 Å². The first-order valence-corrected chi connectivity index (χ1v) is 10.5. The molecule has 0 aliphatic heterocycles. The molecule has 0 aromatic heterocycles. The number of aliphatic hydroxyl groups excluding tert-OH is 1. The van der Waals surface area contributed by atoms with Crippen molar-refractivity contribution in [1.82, 2.24) is 0 Å². The Hall–Kier alpha value is -1.62. The summed E-state index contributed by atoms with van der Waals surface area (Å²) in [5.41, 5.74) is -0.665. The highest BCUT2D eigenvalue weighted by atomic mass is 28.3. The lowest BCUT2D eigenvalue weighted by atomic mass is 9.70. The standard InChI is InChI=1S/C12H10OSi.C10H22O2/c13-14(11-7-3-1-4-8-11)12-9-5-2-6-10-12;1-9(2,3)8(6-7-11)10(4,5)12/h1-10H;8,11-12H,6-7H2,1-5H3. The first-order chi connectivity index (χ1) is 12.1. The maximum absolute atomic E-state index is 12.0. The summed E-state index contributed by atoms with van der Waals surface area (Å²) in [7, 11) is -1.79. The summed E-state index contributed by atoms with van der Waals surface area (Å²) in [5.74, 6) is 0.134. The van der Waals surface area contributed by atoms with Crippen LogP contribution < -0.4 is 10.4 Å². The second-order valence-electron chi connectivity index (χ2n) is 8.15. The molecule has 0 amide bonds. The Balaban J connectivity index is 0.000000265. The fourth-order valence-electron chi connectivity index (χ4n) is 3.32. The van der Waals surface area contributed by atoms with Crippen molar-refractivity contribution in [2.45, 2.75) is 46.6 Å². The highest BCUT2D eigenvalue weighted by Crippen LogP contribution is 2.36. The highest BCUT2D eigenvalue weighted by Gasteiger charge is 2.35. The Morgan fingerprint density at radius 1 is 0.846 bits per heavy atom. The van der Waals surface area contributed by atoms with E-state index in [2.05, 4.69) is 20.8 Å². The van der Waals surface area contributed by atoms with Crippen LogP contribution in [0.1, 0.15) is 41.0 Å². The summed E-state index contributed by atoms with van der Waals surface area (Å²) in [5, 5.41) is 20.5. The zero-order chi connectivity index (χ0) is 19.8. The van der Waals surface area contributed by atoms with Gasteiger partial charge >= 0.3 is 8.68 Å². The van der Waals surface area contributed by atoms with Gasteiger partial charge < -0.3 is 14.7 Å². The van der Waals surface area contributed by atoms with Gasteiger partial charge in [0.05, 0.1) is 5.60 Å². The molecule has 0 spiro atoms. The molecular formula is C22H32O3Si. The summed E-state index contributed by atoms with van der Waals surface area (Å²) in [6.45, 7) is 10.0. The predicted molar refractivity (Wildman–Crippen MR) is 110 cm³/mol. The van der Waals surface area contributed by atoms with Crippen molar-refractivity contribution < 1.29 is 14.7 Å². The third kappa shape index (κ3) is 7.32. The van der Waals surface area contributed by atoms with Crippen LogP contribution in [0, 0.1) is 11.3 Å². The molecule has 0 bridgehead atoms. The van der Waals surface area contributed by atoms with Crippen LogP contribution in [0.4, 0.5) is 0 Å². The molecule has 4 heteroatoms. The molecule has 2 rings (SSSR count). The van der Waals surface area contributed by atoms with Gasteiger partial charge in [-0.3, -0.25) is 0 Å². The summed E-state index contributed by atoms with van der Waals surface area (Å²) < 4.78 is 12.0. The quantitative estimate of drug-likeness (QED) is 0.793. The Morgan fingerprint density at radius 3 is 1.46 bits per heavy atom. The Kier molecular flexibility index (Phi) is 8.54. The van der Waals surface area contributed by atoms with E-state index >= 15 is 0 Å². The van der Waals surface area contributed by atoms with E-state index < -0.39 is 14.3 Å². The molecule has 0 radical (unpaired) electrons. The Morgan fingerprint density at radius 2 is 1.23 bits per heavy atom. The first-order valence-electron chi connectivity index (χ1n) is 9.05. The number of rotatable bonds is 5. The van der Waals surface area contributed by atoms with Crippen LogP contribution in [0.3, 0.4) is 0 Å². The summed E-state index contributed by atoms with van der Waals surface area (Å²) in [6, 6.07) is 19.2. The smallest absolute Gasteiger partial charge is 0.346 e. The topological polar surface area (TPSA) is 57.5 Å². The van der Waals surface area contributed by atoms with Crippen molar-refractivity contribution in [3.8, 4) is 0 Å². The third-order valence-corrected chi connectivity index (χ3v) is 6.10. The molecule has 1 atom stereocenters. The van der Waals surface area contributed by atoms with Crippen LogP contribution in [0.2, 0.25) is 0 Å². The molecule has 0 saturated carbocycles. The van der Waals surface area contributed by atoms with E-state index in [0.29, 0.717) is 6.42 Å². The van der Waals surface area contributed by atoms with E-state index in [9.17, 15) is 9.57 Å². The van der Waals surface area contributed by atoms with Gasteiger partial charge in [0.1, 0.15) is 0 Å². The highest BCUT2D eigenvalue weighted by molar-refractivity contribution is 6.72. The third-order valence-electron chi connectivity index (χ3n) is 4.39. The van der Waals surface area contributed by atoms with Gasteiger partial charge in [0.15, 0.2) is 0 Å². The van der Waals surface area contributed by atoms with Gasteiger partial charge in [-0.1, -0.05) is 81.4 Å². The molecule has 3 nitrogen and oxygen atoms in total. The fraction of sp³-hybridized carbons (Fsp3) is 0.455. The van der Waals surface area contributed by atoms with Gasteiger partial charge in [0, 0.05) is 17.0 Å². The van der Waals surface area contributed by atoms with Gasteiger partial charge in [0.2, 0.25) is 0 Å². The number of aliphatic hydroxyl groups is 2. The molecule has 2 aromatic rings. The minimum absolute atomic E-state index is 0.0426. The maximum Gasteiger partial charge on any atom is 0.346 e. The normalized spacial score (nSPS) is 12.7. The van der Waals surface area contributed by atoms with Gasteiger partial charge in [-0.2, -0.15) is 0 Å². The van der Waals surface area contributed by atoms with Crippen molar-refractivity contribution in [2.75, 3.05) is 6.61 Å². The van der Waals surface area contributed by atoms with E-state index in [1.165, 1.54) is 0 Å². The largest absolute Gasteiger partial charge is 0.396 e. The zero-order valence-corrected chi connectivity index (χ0v) is 17.6. The van der Waals surface area contributed by atoms with Gasteiger partial charge in [-0.05, 0) is 31.6 Å². The van der Waals surface area contributed by atoms with Crippen LogP contribution in [-0.2, 0) is 4.46 Å².